The molecule has 0 amide bonds. The van der Waals surface area contributed by atoms with Crippen LogP contribution in [0.2, 0.25) is 0 Å². The number of piperidine rings is 1. The molecule has 1 aliphatic carbocycles. The van der Waals surface area contributed by atoms with Crippen molar-refractivity contribution in [2.75, 3.05) is 77.9 Å². The number of benzene rings is 2. The minimum Gasteiger partial charge on any atom is -0.378 e. The topological polar surface area (TPSA) is 84.5 Å². The second kappa shape index (κ2) is 16.4. The van der Waals surface area contributed by atoms with E-state index in [-0.39, 0.29) is 4.90 Å². The molecule has 0 aromatic heterocycles. The maximum atomic E-state index is 14.1. The summed E-state index contributed by atoms with van der Waals surface area (Å²) >= 11 is 0. The van der Waals surface area contributed by atoms with Crippen LogP contribution in [0.1, 0.15) is 75.7 Å². The minimum atomic E-state index is -3.73. The summed E-state index contributed by atoms with van der Waals surface area (Å²) in [5.41, 5.74) is 2.22. The summed E-state index contributed by atoms with van der Waals surface area (Å²) in [4.78, 5) is 4.71. The molecule has 0 unspecified atom stereocenters. The van der Waals surface area contributed by atoms with Crippen molar-refractivity contribution >= 4 is 25.9 Å². The Kier molecular flexibility index (Phi) is 12.6. The molecular weight excluding hydrogens is 619 g/mol. The van der Waals surface area contributed by atoms with Gasteiger partial charge in [-0.25, -0.2) is 8.42 Å². The van der Waals surface area contributed by atoms with E-state index in [1.807, 2.05) is 37.2 Å². The molecule has 0 radical (unpaired) electrons. The highest BCUT2D eigenvalue weighted by atomic mass is 32.2. The average Bonchev–Trinajstić information content (AvgIpc) is 3.06. The van der Waals surface area contributed by atoms with Crippen LogP contribution < -0.4 is 4.90 Å². The third-order valence-electron chi connectivity index (χ3n) is 10.2. The first kappa shape index (κ1) is 35.3. The number of hydrogen-bond acceptors (Lipinski definition) is 6. The van der Waals surface area contributed by atoms with Crippen molar-refractivity contribution < 1.29 is 16.8 Å². The highest BCUT2D eigenvalue weighted by Crippen LogP contribution is 2.30. The lowest BCUT2D eigenvalue weighted by Crippen LogP contribution is -2.48. The normalized spacial score (nSPS) is 22.2. The number of hydrogen-bond donors (Lipinski definition) is 0. The van der Waals surface area contributed by atoms with Crippen LogP contribution in [0.25, 0.3) is 0 Å². The highest BCUT2D eigenvalue weighted by Gasteiger charge is 2.34. The van der Waals surface area contributed by atoms with Crippen LogP contribution >= 0.6 is 0 Å². The zero-order valence-corrected chi connectivity index (χ0v) is 29.6. The van der Waals surface area contributed by atoms with Crippen molar-refractivity contribution in [2.24, 2.45) is 5.92 Å². The third kappa shape index (κ3) is 9.11. The molecular formula is C35H55N5O4S2. The van der Waals surface area contributed by atoms with Gasteiger partial charge in [-0.1, -0.05) is 49.6 Å². The third-order valence-corrected chi connectivity index (χ3v) is 14.1. The fourth-order valence-electron chi connectivity index (χ4n) is 7.46. The first-order valence-electron chi connectivity index (χ1n) is 17.4. The molecule has 2 aromatic rings. The van der Waals surface area contributed by atoms with Crippen LogP contribution in [-0.2, 0) is 20.2 Å². The molecule has 9 nitrogen and oxygen atoms in total. The molecule has 2 aromatic carbocycles. The Hall–Kier alpha value is -2.02. The van der Waals surface area contributed by atoms with Gasteiger partial charge in [-0.15, -0.1) is 0 Å². The lowest BCUT2D eigenvalue weighted by molar-refractivity contribution is 0.184. The van der Waals surface area contributed by atoms with E-state index in [2.05, 4.69) is 29.2 Å². The van der Waals surface area contributed by atoms with Crippen molar-refractivity contribution in [3.05, 3.63) is 60.2 Å². The van der Waals surface area contributed by atoms with E-state index < -0.39 is 20.2 Å². The lowest BCUT2D eigenvalue weighted by atomic mass is 9.89. The first-order valence-corrected chi connectivity index (χ1v) is 20.3. The van der Waals surface area contributed by atoms with E-state index in [0.29, 0.717) is 57.5 Å². The van der Waals surface area contributed by atoms with Gasteiger partial charge in [-0.2, -0.15) is 21.3 Å². The molecule has 3 aliphatic rings. The summed E-state index contributed by atoms with van der Waals surface area (Å²) in [7, 11) is -3.52. The quantitative estimate of drug-likeness (QED) is 0.382. The Labute approximate surface area is 278 Å². The predicted octanol–water partition coefficient (Wildman–Crippen LogP) is 5.24. The molecule has 3 fully saturated rings. The van der Waals surface area contributed by atoms with E-state index >= 15 is 0 Å². The molecule has 46 heavy (non-hydrogen) atoms. The summed E-state index contributed by atoms with van der Waals surface area (Å²) in [6.07, 6.45) is 10.0. The highest BCUT2D eigenvalue weighted by molar-refractivity contribution is 7.89. The van der Waals surface area contributed by atoms with Gasteiger partial charge in [0.05, 0.1) is 4.90 Å². The van der Waals surface area contributed by atoms with E-state index in [1.54, 1.807) is 25.0 Å². The van der Waals surface area contributed by atoms with Gasteiger partial charge in [-0.05, 0) is 99.7 Å². The van der Waals surface area contributed by atoms with Crippen LogP contribution in [0.15, 0.2) is 59.5 Å². The smallest absolute Gasteiger partial charge is 0.281 e. The van der Waals surface area contributed by atoms with Gasteiger partial charge < -0.3 is 9.80 Å². The Balaban J connectivity index is 1.31. The van der Waals surface area contributed by atoms with Crippen LogP contribution in [0, 0.1) is 5.92 Å². The summed E-state index contributed by atoms with van der Waals surface area (Å²) < 4.78 is 60.9. The van der Waals surface area contributed by atoms with Gasteiger partial charge in [0.1, 0.15) is 0 Å². The molecule has 0 atom stereocenters. The summed E-state index contributed by atoms with van der Waals surface area (Å²) in [5, 5.41) is 0. The predicted molar refractivity (Wildman–Crippen MR) is 187 cm³/mol. The maximum Gasteiger partial charge on any atom is 0.281 e. The Morgan fingerprint density at radius 3 is 1.74 bits per heavy atom. The summed E-state index contributed by atoms with van der Waals surface area (Å²) in [6.45, 7) is 5.18. The Bertz CT molecular complexity index is 1420. The number of anilines is 1. The number of nitrogens with zero attached hydrogens (tertiary/aromatic N) is 5. The molecule has 0 N–H and O–H groups in total. The molecule has 2 saturated heterocycles. The van der Waals surface area contributed by atoms with Gasteiger partial charge in [0, 0.05) is 65.6 Å². The second-order valence-electron chi connectivity index (χ2n) is 13.6. The first-order chi connectivity index (χ1) is 22.1. The largest absolute Gasteiger partial charge is 0.378 e. The minimum absolute atomic E-state index is 0.287. The number of rotatable bonds is 8. The van der Waals surface area contributed by atoms with Crippen LogP contribution in [-0.4, -0.2) is 108 Å². The van der Waals surface area contributed by atoms with Crippen molar-refractivity contribution in [3.63, 3.8) is 0 Å². The average molecular weight is 674 g/mol. The molecule has 1 saturated carbocycles. The molecule has 0 spiro atoms. The van der Waals surface area contributed by atoms with Crippen LogP contribution in [0.5, 0.6) is 0 Å². The van der Waals surface area contributed by atoms with Gasteiger partial charge in [0.2, 0.25) is 10.0 Å². The van der Waals surface area contributed by atoms with Crippen LogP contribution in [0.3, 0.4) is 0 Å². The van der Waals surface area contributed by atoms with E-state index in [4.69, 9.17) is 0 Å². The van der Waals surface area contributed by atoms with Gasteiger partial charge in [0.15, 0.2) is 0 Å². The number of sulfonamides is 1. The monoisotopic (exact) mass is 673 g/mol. The molecule has 256 valence electrons. The fraction of sp³-hybridized carbons (Fsp3) is 0.657. The van der Waals surface area contributed by atoms with Crippen molar-refractivity contribution in [1.82, 2.24) is 17.8 Å². The Morgan fingerprint density at radius 2 is 1.15 bits per heavy atom. The molecule has 2 heterocycles. The van der Waals surface area contributed by atoms with Crippen molar-refractivity contribution in [2.45, 2.75) is 75.0 Å². The molecule has 11 heteroatoms. The van der Waals surface area contributed by atoms with Crippen LogP contribution in [0.4, 0.5) is 5.69 Å². The second-order valence-corrected chi connectivity index (χ2v) is 17.5. The zero-order valence-electron chi connectivity index (χ0n) is 28.0. The van der Waals surface area contributed by atoms with Gasteiger partial charge >= 0.3 is 0 Å². The Morgan fingerprint density at radius 1 is 0.609 bits per heavy atom. The zero-order chi connectivity index (χ0) is 32.6. The van der Waals surface area contributed by atoms with Gasteiger partial charge in [0.25, 0.3) is 10.2 Å². The van der Waals surface area contributed by atoms with E-state index in [9.17, 15) is 16.8 Å². The maximum absolute atomic E-state index is 14.1. The van der Waals surface area contributed by atoms with E-state index in [1.165, 1.54) is 37.7 Å². The summed E-state index contributed by atoms with van der Waals surface area (Å²) in [5.74, 6) is 1.04. The van der Waals surface area contributed by atoms with Crippen molar-refractivity contribution in [3.8, 4) is 0 Å². The standard InChI is InChI=1S/C35H55N5O4S2/c1-36(2)34-16-18-35(19-17-34)45(41,42)38-24-9-22-37(30-31-12-5-3-6-13-31)23-10-26-39(27-11-25-38)46(43,44)40-28-20-33(21-29-40)32-14-7-4-8-15-32/h4,7-8,14-19,31,33H,3,5-6,9-13,20-30H2,1-2H3. The van der Waals surface area contributed by atoms with Gasteiger partial charge in [-0.3, -0.25) is 0 Å². The summed E-state index contributed by atoms with van der Waals surface area (Å²) in [6, 6.07) is 17.4. The molecule has 0 bridgehead atoms. The van der Waals surface area contributed by atoms with E-state index in [0.717, 1.165) is 51.0 Å². The fourth-order valence-corrected chi connectivity index (χ4v) is 10.7. The SMILES string of the molecule is CN(C)c1ccc(S(=O)(=O)N2CCCN(CC3CCCCC3)CCCN(S(=O)(=O)N3CCC(c4ccccc4)CC3)CCC2)cc1. The molecule has 5 rings (SSSR count). The molecule has 2 aliphatic heterocycles. The lowest BCUT2D eigenvalue weighted by Gasteiger charge is -2.36. The van der Waals surface area contributed by atoms with Crippen molar-refractivity contribution in [1.29, 1.82) is 0 Å².